The summed E-state index contributed by atoms with van der Waals surface area (Å²) in [5.74, 6) is 0.668. The molecule has 2 amide bonds. The lowest BCUT2D eigenvalue weighted by atomic mass is 10.3. The van der Waals surface area contributed by atoms with E-state index in [0.29, 0.717) is 11.5 Å². The van der Waals surface area contributed by atoms with Gasteiger partial charge in [0.25, 0.3) is 0 Å². The molecule has 0 spiro atoms. The highest BCUT2D eigenvalue weighted by Crippen LogP contribution is 2.45. The zero-order valence-electron chi connectivity index (χ0n) is 14.1. The molecule has 0 atom stereocenters. The average molecular weight is 360 g/mol. The molecule has 8 heteroatoms. The molecule has 0 radical (unpaired) electrons. The number of fused-ring (bicyclic) bond motifs is 2. The van der Waals surface area contributed by atoms with Crippen molar-refractivity contribution in [3.05, 3.63) is 48.5 Å². The number of urea groups is 1. The van der Waals surface area contributed by atoms with E-state index in [1.807, 2.05) is 48.5 Å². The van der Waals surface area contributed by atoms with Gasteiger partial charge in [-0.15, -0.1) is 0 Å². The third-order valence-corrected chi connectivity index (χ3v) is 5.28. The number of para-hydroxylation sites is 2. The highest BCUT2D eigenvalue weighted by molar-refractivity contribution is 7.95. The predicted octanol–water partition coefficient (Wildman–Crippen LogP) is 2.71. The van der Waals surface area contributed by atoms with Crippen LogP contribution in [-0.4, -0.2) is 35.6 Å². The Hall–Kier alpha value is -2.71. The number of rotatable bonds is 2. The second kappa shape index (κ2) is 7.04. The normalized spacial score (nSPS) is 12.6. The smallest absolute Gasteiger partial charge is 0.413 e. The maximum atomic E-state index is 12.7. The molecular weight excluding hydrogens is 342 g/mol. The van der Waals surface area contributed by atoms with Crippen LogP contribution in [0.5, 0.6) is 11.5 Å². The number of hydrogen-bond donors (Lipinski definition) is 1. The second-order valence-corrected chi connectivity index (χ2v) is 7.21. The Morgan fingerprint density at radius 1 is 1.00 bits per heavy atom. The largest absolute Gasteiger partial charge is 0.447 e. The molecule has 0 aliphatic carbocycles. The van der Waals surface area contributed by atoms with E-state index >= 15 is 0 Å². The van der Waals surface area contributed by atoms with Gasteiger partial charge in [-0.1, -0.05) is 24.3 Å². The second-order valence-electron chi connectivity index (χ2n) is 5.43. The molecule has 130 valence electrons. The maximum Gasteiger partial charge on any atom is 0.413 e. The number of carbonyl (C=O) groups excluding carboxylic acids is 2. The van der Waals surface area contributed by atoms with Crippen LogP contribution in [0.2, 0.25) is 0 Å². The Balaban J connectivity index is 2.11. The number of nitrogens with zero attached hydrogens (tertiary/aromatic N) is 2. The lowest BCUT2D eigenvalue weighted by Crippen LogP contribution is -2.49. The summed E-state index contributed by atoms with van der Waals surface area (Å²) >= 11 is -0.973. The van der Waals surface area contributed by atoms with Gasteiger partial charge in [0, 0.05) is 33.2 Å². The minimum absolute atomic E-state index is 0.546. The summed E-state index contributed by atoms with van der Waals surface area (Å²) in [4.78, 5) is 31.1. The van der Waals surface area contributed by atoms with E-state index in [-0.39, 0.29) is 0 Å². The van der Waals surface area contributed by atoms with Gasteiger partial charge < -0.3 is 4.74 Å². The van der Waals surface area contributed by atoms with Crippen LogP contribution in [0.25, 0.3) is 0 Å². The van der Waals surface area contributed by atoms with Crippen LogP contribution in [0.3, 0.4) is 0 Å². The van der Waals surface area contributed by atoms with Crippen molar-refractivity contribution in [2.45, 2.75) is 16.7 Å². The van der Waals surface area contributed by atoms with Gasteiger partial charge in [-0.25, -0.2) is 14.6 Å². The first-order chi connectivity index (χ1) is 12.0. The number of carbonyl (C=O) groups is 2. The van der Waals surface area contributed by atoms with Crippen molar-refractivity contribution in [2.75, 3.05) is 14.1 Å². The zero-order valence-corrected chi connectivity index (χ0v) is 14.9. The molecule has 0 fully saturated rings. The van der Waals surface area contributed by atoms with Crippen LogP contribution >= 0.6 is 0 Å². The molecule has 1 aliphatic heterocycles. The summed E-state index contributed by atoms with van der Waals surface area (Å²) in [7, 11) is 3.36. The van der Waals surface area contributed by atoms with E-state index in [0.717, 1.165) is 14.3 Å². The molecule has 1 N–H and O–H groups in total. The molecule has 3 rings (SSSR count). The van der Waals surface area contributed by atoms with Crippen LogP contribution in [-0.2, 0) is 20.7 Å². The molecule has 0 saturated carbocycles. The SMILES string of the molecule is CC(=O)ON(C(=O)NN(C)C)[S+]1c2ccccc2Oc2ccccc21. The molecular formula is C17H18N3O4S+. The van der Waals surface area contributed by atoms with Gasteiger partial charge in [0.1, 0.15) is 0 Å². The van der Waals surface area contributed by atoms with E-state index in [1.54, 1.807) is 14.1 Å². The van der Waals surface area contributed by atoms with Crippen LogP contribution in [0.1, 0.15) is 6.92 Å². The quantitative estimate of drug-likeness (QED) is 0.659. The van der Waals surface area contributed by atoms with E-state index in [2.05, 4.69) is 5.43 Å². The lowest BCUT2D eigenvalue weighted by molar-refractivity contribution is -0.159. The molecule has 1 aliphatic rings. The Morgan fingerprint density at radius 3 is 2.00 bits per heavy atom. The number of nitrogens with one attached hydrogen (secondary N) is 1. The molecule has 0 unspecified atom stereocenters. The van der Waals surface area contributed by atoms with E-state index < -0.39 is 23.1 Å². The van der Waals surface area contributed by atoms with E-state index in [1.165, 1.54) is 11.9 Å². The molecule has 0 bridgehead atoms. The Labute approximate surface area is 148 Å². The highest BCUT2D eigenvalue weighted by atomic mass is 32.2. The minimum atomic E-state index is -0.973. The predicted molar refractivity (Wildman–Crippen MR) is 92.7 cm³/mol. The minimum Gasteiger partial charge on any atom is -0.447 e. The van der Waals surface area contributed by atoms with E-state index in [9.17, 15) is 9.59 Å². The topological polar surface area (TPSA) is 71.1 Å². The molecule has 7 nitrogen and oxygen atoms in total. The van der Waals surface area contributed by atoms with E-state index in [4.69, 9.17) is 9.57 Å². The first-order valence-corrected chi connectivity index (χ1v) is 8.72. The monoisotopic (exact) mass is 360 g/mol. The molecule has 1 heterocycles. The standard InChI is InChI=1S/C17H17N3O4S/c1-12(21)24-20(17(22)18-19(2)3)25-15-10-6-4-8-13(15)23-14-9-5-7-11-16(14)25/h4-11H,1-3H3/p+1. The number of benzene rings is 2. The Bertz CT molecular complexity index is 766. The van der Waals surface area contributed by atoms with Crippen molar-refractivity contribution < 1.29 is 19.2 Å². The number of amides is 2. The Kier molecular flexibility index (Phi) is 4.82. The van der Waals surface area contributed by atoms with Gasteiger partial charge >= 0.3 is 12.0 Å². The third-order valence-electron chi connectivity index (χ3n) is 3.20. The van der Waals surface area contributed by atoms with Crippen molar-refractivity contribution in [3.63, 3.8) is 0 Å². The van der Waals surface area contributed by atoms with Gasteiger partial charge in [0.2, 0.25) is 20.9 Å². The first-order valence-electron chi connectivity index (χ1n) is 7.54. The maximum absolute atomic E-state index is 12.7. The third kappa shape index (κ3) is 3.54. The zero-order chi connectivity index (χ0) is 18.0. The van der Waals surface area contributed by atoms with Crippen molar-refractivity contribution in [3.8, 4) is 11.5 Å². The van der Waals surface area contributed by atoms with Crippen molar-refractivity contribution >= 4 is 23.1 Å². The number of hydrazine groups is 1. The van der Waals surface area contributed by atoms with Crippen LogP contribution < -0.4 is 10.2 Å². The highest BCUT2D eigenvalue weighted by Gasteiger charge is 2.48. The molecule has 2 aromatic carbocycles. The lowest BCUT2D eigenvalue weighted by Gasteiger charge is -2.25. The molecule has 2 aromatic rings. The summed E-state index contributed by atoms with van der Waals surface area (Å²) < 4.78 is 6.99. The van der Waals surface area contributed by atoms with Gasteiger partial charge in [-0.05, 0) is 12.1 Å². The summed E-state index contributed by atoms with van der Waals surface area (Å²) in [5, 5.41) is 1.49. The Morgan fingerprint density at radius 2 is 1.52 bits per heavy atom. The van der Waals surface area contributed by atoms with Gasteiger partial charge in [-0.3, -0.25) is 10.3 Å². The molecule has 0 aromatic heterocycles. The summed E-state index contributed by atoms with van der Waals surface area (Å²) in [6.07, 6.45) is 0. The fourth-order valence-corrected chi connectivity index (χ4v) is 4.31. The van der Waals surface area contributed by atoms with Crippen molar-refractivity contribution in [1.29, 1.82) is 0 Å². The average Bonchev–Trinajstić information content (AvgIpc) is 2.57. The summed E-state index contributed by atoms with van der Waals surface area (Å²) in [6, 6.07) is 14.2. The van der Waals surface area contributed by atoms with Gasteiger partial charge in [0.05, 0.1) is 4.47 Å². The van der Waals surface area contributed by atoms with Crippen LogP contribution in [0, 0.1) is 0 Å². The molecule has 25 heavy (non-hydrogen) atoms. The number of hydroxylamine groups is 1. The fourth-order valence-electron chi connectivity index (χ4n) is 2.31. The molecule has 0 saturated heterocycles. The van der Waals surface area contributed by atoms with Crippen molar-refractivity contribution in [1.82, 2.24) is 14.9 Å². The van der Waals surface area contributed by atoms with Gasteiger partial charge in [-0.2, -0.15) is 0 Å². The van der Waals surface area contributed by atoms with Crippen molar-refractivity contribution in [2.24, 2.45) is 0 Å². The summed E-state index contributed by atoms with van der Waals surface area (Å²) in [5.41, 5.74) is 2.62. The number of ether oxygens (including phenoxy) is 1. The summed E-state index contributed by atoms with van der Waals surface area (Å²) in [6.45, 7) is 1.26. The van der Waals surface area contributed by atoms with Crippen LogP contribution in [0.4, 0.5) is 4.79 Å². The van der Waals surface area contributed by atoms with Gasteiger partial charge in [0.15, 0.2) is 11.5 Å². The fraction of sp³-hybridized carbons (Fsp3) is 0.176. The first kappa shape index (κ1) is 17.1. The number of hydrogen-bond acceptors (Lipinski definition) is 5. The van der Waals surface area contributed by atoms with Crippen LogP contribution in [0.15, 0.2) is 58.3 Å².